The van der Waals surface area contributed by atoms with Crippen LogP contribution in [0.15, 0.2) is 149 Å². The first-order valence-corrected chi connectivity index (χ1v) is 18.1. The van der Waals surface area contributed by atoms with Gasteiger partial charge in [0.05, 0.1) is 49.2 Å². The van der Waals surface area contributed by atoms with Gasteiger partial charge < -0.3 is 18.3 Å². The second kappa shape index (κ2) is 16.6. The average molecular weight is 755 g/mol. The van der Waals surface area contributed by atoms with Gasteiger partial charge in [-0.3, -0.25) is 10.9 Å². The number of ether oxygens (including phenoxy) is 2. The number of thiazole rings is 2. The van der Waals surface area contributed by atoms with Gasteiger partial charge in [-0.05, 0) is 83.9 Å². The monoisotopic (exact) mass is 754 g/mol. The molecular formula is C40H30N6O6S2. The van der Waals surface area contributed by atoms with Gasteiger partial charge in [-0.25, -0.2) is 19.6 Å². The second-order valence-corrected chi connectivity index (χ2v) is 13.0. The van der Waals surface area contributed by atoms with Gasteiger partial charge in [0.1, 0.15) is 22.7 Å². The zero-order valence-corrected chi connectivity index (χ0v) is 30.4. The molecule has 4 aromatic heterocycles. The predicted octanol–water partition coefficient (Wildman–Crippen LogP) is 8.74. The normalized spacial score (nSPS) is 11.1. The number of nitrogens with zero attached hydrogens (tertiary/aromatic N) is 4. The summed E-state index contributed by atoms with van der Waals surface area (Å²) in [6.07, 6.45) is 3.37. The molecule has 14 heteroatoms. The summed E-state index contributed by atoms with van der Waals surface area (Å²) < 4.78 is 21.0. The molecule has 0 spiro atoms. The first-order chi connectivity index (χ1) is 26.4. The number of rotatable bonds is 10. The quantitative estimate of drug-likeness (QED) is 0.0787. The fourth-order valence-corrected chi connectivity index (χ4v) is 6.40. The molecule has 0 fully saturated rings. The molecule has 12 nitrogen and oxygen atoms in total. The predicted molar refractivity (Wildman–Crippen MR) is 216 cm³/mol. The van der Waals surface area contributed by atoms with Crippen LogP contribution < -0.4 is 31.6 Å². The van der Waals surface area contributed by atoms with E-state index >= 15 is 0 Å². The lowest BCUT2D eigenvalue weighted by Crippen LogP contribution is -2.02. The van der Waals surface area contributed by atoms with E-state index in [0.717, 1.165) is 33.4 Å². The van der Waals surface area contributed by atoms with Crippen molar-refractivity contribution in [3.63, 3.8) is 0 Å². The molecule has 4 heterocycles. The highest BCUT2D eigenvalue weighted by Gasteiger charge is 2.13. The Balaban J connectivity index is 0.000000167. The molecule has 8 rings (SSSR count). The maximum Gasteiger partial charge on any atom is 0.345 e. The number of anilines is 2. The van der Waals surface area contributed by atoms with Crippen molar-refractivity contribution in [3.8, 4) is 34.0 Å². The Labute approximate surface area is 315 Å². The highest BCUT2D eigenvalue weighted by molar-refractivity contribution is 7.14. The maximum absolute atomic E-state index is 12.2. The summed E-state index contributed by atoms with van der Waals surface area (Å²) in [5.41, 5.74) is 9.88. The molecule has 0 atom stereocenters. The Morgan fingerprint density at radius 3 is 1.41 bits per heavy atom. The topological polar surface area (TPSA) is 153 Å². The van der Waals surface area contributed by atoms with E-state index in [1.165, 1.54) is 22.7 Å². The van der Waals surface area contributed by atoms with Crippen LogP contribution in [0.3, 0.4) is 0 Å². The zero-order chi connectivity index (χ0) is 37.3. The van der Waals surface area contributed by atoms with Crippen LogP contribution in [0.2, 0.25) is 0 Å². The van der Waals surface area contributed by atoms with Crippen molar-refractivity contribution in [3.05, 3.63) is 152 Å². The minimum atomic E-state index is -0.410. The summed E-state index contributed by atoms with van der Waals surface area (Å²) in [6, 6.07) is 33.4. The first-order valence-electron chi connectivity index (χ1n) is 16.3. The van der Waals surface area contributed by atoms with Gasteiger partial charge in [-0.15, -0.1) is 22.7 Å². The molecular weight excluding hydrogens is 725 g/mol. The lowest BCUT2D eigenvalue weighted by Gasteiger charge is -1.99. The van der Waals surface area contributed by atoms with Gasteiger partial charge >= 0.3 is 11.3 Å². The van der Waals surface area contributed by atoms with Gasteiger partial charge in [0.15, 0.2) is 0 Å². The van der Waals surface area contributed by atoms with E-state index in [1.807, 2.05) is 84.9 Å². The Kier molecular flexibility index (Phi) is 10.9. The largest absolute Gasteiger partial charge is 0.497 e. The lowest BCUT2D eigenvalue weighted by molar-refractivity contribution is 0.414. The van der Waals surface area contributed by atoms with Crippen LogP contribution in [0.25, 0.3) is 44.5 Å². The summed E-state index contributed by atoms with van der Waals surface area (Å²) in [4.78, 5) is 33.3. The zero-order valence-electron chi connectivity index (χ0n) is 28.8. The Bertz CT molecular complexity index is 2510. The van der Waals surface area contributed by atoms with Gasteiger partial charge in [0.2, 0.25) is 10.3 Å². The van der Waals surface area contributed by atoms with Crippen molar-refractivity contribution in [2.45, 2.75) is 0 Å². The molecule has 2 N–H and O–H groups in total. The number of hydrogen-bond donors (Lipinski definition) is 2. The van der Waals surface area contributed by atoms with Crippen LogP contribution in [0, 0.1) is 0 Å². The summed E-state index contributed by atoms with van der Waals surface area (Å²) in [5, 5.41) is 14.8. The van der Waals surface area contributed by atoms with Gasteiger partial charge in [0, 0.05) is 21.5 Å². The molecule has 0 saturated heterocycles. The molecule has 4 aromatic carbocycles. The van der Waals surface area contributed by atoms with Crippen molar-refractivity contribution in [1.29, 1.82) is 0 Å². The van der Waals surface area contributed by atoms with Crippen molar-refractivity contribution < 1.29 is 18.3 Å². The Hall–Kier alpha value is -6.90. The third-order valence-corrected chi connectivity index (χ3v) is 9.32. The van der Waals surface area contributed by atoms with Crippen LogP contribution >= 0.6 is 22.7 Å². The lowest BCUT2D eigenvalue weighted by atomic mass is 10.1. The number of hydrogen-bond acceptors (Lipinski definition) is 14. The average Bonchev–Trinajstić information content (AvgIpc) is 3.88. The van der Waals surface area contributed by atoms with E-state index in [-0.39, 0.29) is 0 Å². The number of benzene rings is 4. The molecule has 268 valence electrons. The molecule has 54 heavy (non-hydrogen) atoms. The number of para-hydroxylation sites is 2. The fourth-order valence-electron chi connectivity index (χ4n) is 5.08. The van der Waals surface area contributed by atoms with Crippen LogP contribution in [-0.2, 0) is 0 Å². The molecule has 8 aromatic rings. The van der Waals surface area contributed by atoms with Crippen LogP contribution in [0.1, 0.15) is 11.1 Å². The van der Waals surface area contributed by atoms with Crippen LogP contribution in [-0.4, -0.2) is 36.6 Å². The Morgan fingerprint density at radius 2 is 1.00 bits per heavy atom. The number of aromatic nitrogens is 2. The van der Waals surface area contributed by atoms with Crippen molar-refractivity contribution in [1.82, 2.24) is 9.97 Å². The third kappa shape index (κ3) is 8.58. The fraction of sp³-hybridized carbons (Fsp3) is 0.0500. The van der Waals surface area contributed by atoms with Crippen molar-refractivity contribution >= 4 is 67.3 Å². The molecule has 0 radical (unpaired) electrons. The third-order valence-electron chi connectivity index (χ3n) is 7.82. The van der Waals surface area contributed by atoms with E-state index in [2.05, 4.69) is 31.0 Å². The van der Waals surface area contributed by atoms with Crippen molar-refractivity contribution in [2.24, 2.45) is 10.2 Å². The van der Waals surface area contributed by atoms with Crippen molar-refractivity contribution in [2.75, 3.05) is 25.1 Å². The molecule has 0 aliphatic carbocycles. The smallest absolute Gasteiger partial charge is 0.345 e. The van der Waals surface area contributed by atoms with Crippen LogP contribution in [0.5, 0.6) is 11.5 Å². The summed E-state index contributed by atoms with van der Waals surface area (Å²) >= 11 is 2.73. The highest BCUT2D eigenvalue weighted by atomic mass is 32.1. The number of fused-ring (bicyclic) bond motifs is 2. The molecule has 0 bridgehead atoms. The van der Waals surface area contributed by atoms with E-state index in [0.29, 0.717) is 43.9 Å². The highest BCUT2D eigenvalue weighted by Crippen LogP contribution is 2.27. The SMILES string of the molecule is COc1ccc(/C=N/Nc2nc(-c3cc4ccccc4oc3=O)cs2)cc1.COc1ccc(/C=N/Nc2nc(-c3cc4ccccc4oc3=O)cs2)cc1. The molecule has 0 aliphatic rings. The van der Waals surface area contributed by atoms with E-state index in [1.54, 1.807) is 61.7 Å². The standard InChI is InChI=1S/2C20H15N3O3S/c2*1-25-15-8-6-13(7-9-15)11-21-23-20-22-17(12-27-20)16-10-14-4-2-3-5-18(14)26-19(16)24/h2*2-12H,1H3,(H,22,23)/b2*21-11+. The minimum Gasteiger partial charge on any atom is -0.497 e. The Morgan fingerprint density at radius 1 is 0.593 bits per heavy atom. The minimum absolute atomic E-state index is 0.410. The second-order valence-electron chi connectivity index (χ2n) is 11.3. The van der Waals surface area contributed by atoms with Gasteiger partial charge in [-0.1, -0.05) is 36.4 Å². The molecule has 0 unspecified atom stereocenters. The number of hydrazone groups is 2. The summed E-state index contributed by atoms with van der Waals surface area (Å²) in [6.45, 7) is 0. The maximum atomic E-state index is 12.2. The van der Waals surface area contributed by atoms with Crippen LogP contribution in [0.4, 0.5) is 10.3 Å². The van der Waals surface area contributed by atoms with Gasteiger partial charge in [0.25, 0.3) is 0 Å². The molecule has 0 amide bonds. The van der Waals surface area contributed by atoms with E-state index in [4.69, 9.17) is 18.3 Å². The van der Waals surface area contributed by atoms with E-state index in [9.17, 15) is 9.59 Å². The first kappa shape index (κ1) is 35.5. The number of methoxy groups -OCH3 is 2. The summed E-state index contributed by atoms with van der Waals surface area (Å²) in [5.74, 6) is 1.58. The summed E-state index contributed by atoms with van der Waals surface area (Å²) in [7, 11) is 3.25. The molecule has 0 aliphatic heterocycles. The van der Waals surface area contributed by atoms with Gasteiger partial charge in [-0.2, -0.15) is 10.2 Å². The number of nitrogens with one attached hydrogen (secondary N) is 2. The van der Waals surface area contributed by atoms with E-state index < -0.39 is 11.3 Å². The molecule has 0 saturated carbocycles.